The molecular formula is C15H24N2O2. The van der Waals surface area contributed by atoms with Crippen LogP contribution in [0.25, 0.3) is 0 Å². The van der Waals surface area contributed by atoms with E-state index >= 15 is 0 Å². The Kier molecular flexibility index (Phi) is 3.27. The highest BCUT2D eigenvalue weighted by molar-refractivity contribution is 5.93. The van der Waals surface area contributed by atoms with E-state index in [1.165, 1.54) is 12.8 Å². The Labute approximate surface area is 114 Å². The van der Waals surface area contributed by atoms with E-state index in [9.17, 15) is 9.59 Å². The highest BCUT2D eigenvalue weighted by Gasteiger charge is 2.47. The summed E-state index contributed by atoms with van der Waals surface area (Å²) in [7, 11) is 0. The minimum Gasteiger partial charge on any atom is -0.354 e. The molecule has 3 aliphatic rings. The molecule has 0 heterocycles. The van der Waals surface area contributed by atoms with E-state index < -0.39 is 5.54 Å². The highest BCUT2D eigenvalue weighted by Crippen LogP contribution is 2.39. The van der Waals surface area contributed by atoms with Gasteiger partial charge in [0, 0.05) is 12.5 Å². The summed E-state index contributed by atoms with van der Waals surface area (Å²) in [6, 6.07) is 0. The summed E-state index contributed by atoms with van der Waals surface area (Å²) < 4.78 is 0. The number of hydrogen-bond donors (Lipinski definition) is 2. The lowest BCUT2D eigenvalue weighted by atomic mass is 9.95. The first-order valence-corrected chi connectivity index (χ1v) is 7.71. The summed E-state index contributed by atoms with van der Waals surface area (Å²) in [6.45, 7) is 2.88. The second kappa shape index (κ2) is 4.80. The predicted octanol–water partition coefficient (Wildman–Crippen LogP) is 1.60. The Bertz CT molecular complexity index is 384. The van der Waals surface area contributed by atoms with Gasteiger partial charge in [-0.05, 0) is 43.9 Å². The maximum absolute atomic E-state index is 12.4. The van der Waals surface area contributed by atoms with Gasteiger partial charge in [0.2, 0.25) is 11.8 Å². The first-order chi connectivity index (χ1) is 9.11. The first-order valence-electron chi connectivity index (χ1n) is 7.71. The third-order valence-electron chi connectivity index (χ3n) is 4.95. The summed E-state index contributed by atoms with van der Waals surface area (Å²) in [4.78, 5) is 24.6. The Morgan fingerprint density at radius 3 is 2.37 bits per heavy atom. The molecule has 0 radical (unpaired) electrons. The van der Waals surface area contributed by atoms with Gasteiger partial charge < -0.3 is 10.6 Å². The highest BCUT2D eigenvalue weighted by atomic mass is 16.2. The molecule has 3 aliphatic carbocycles. The van der Waals surface area contributed by atoms with Crippen LogP contribution >= 0.6 is 0 Å². The van der Waals surface area contributed by atoms with Crippen molar-refractivity contribution in [3.8, 4) is 0 Å². The SMILES string of the molecule is C[C@@H]1C[C@@H]1C(=O)NC1(C(=O)NCC2CC2)CCCC1. The number of rotatable bonds is 5. The number of carbonyl (C=O) groups excluding carboxylic acids is 2. The normalized spacial score (nSPS) is 31.8. The number of nitrogens with one attached hydrogen (secondary N) is 2. The zero-order valence-corrected chi connectivity index (χ0v) is 11.7. The van der Waals surface area contributed by atoms with Gasteiger partial charge in [-0.25, -0.2) is 0 Å². The number of amides is 2. The Morgan fingerprint density at radius 1 is 1.21 bits per heavy atom. The molecule has 106 valence electrons. The third-order valence-corrected chi connectivity index (χ3v) is 4.95. The van der Waals surface area contributed by atoms with Crippen molar-refractivity contribution < 1.29 is 9.59 Å². The fourth-order valence-electron chi connectivity index (χ4n) is 3.13. The van der Waals surface area contributed by atoms with Crippen LogP contribution in [0.2, 0.25) is 0 Å². The molecule has 2 amide bonds. The van der Waals surface area contributed by atoms with Crippen LogP contribution in [0.3, 0.4) is 0 Å². The summed E-state index contributed by atoms with van der Waals surface area (Å²) in [5.74, 6) is 1.47. The summed E-state index contributed by atoms with van der Waals surface area (Å²) >= 11 is 0. The molecule has 0 aromatic rings. The van der Waals surface area contributed by atoms with Crippen LogP contribution in [0.4, 0.5) is 0 Å². The zero-order valence-electron chi connectivity index (χ0n) is 11.7. The average Bonchev–Trinajstić information content (AvgIpc) is 3.29. The van der Waals surface area contributed by atoms with E-state index in [1.807, 2.05) is 0 Å². The third kappa shape index (κ3) is 2.77. The Balaban J connectivity index is 1.60. The van der Waals surface area contributed by atoms with Gasteiger partial charge in [-0.2, -0.15) is 0 Å². The van der Waals surface area contributed by atoms with Crippen molar-refractivity contribution in [2.45, 2.75) is 57.4 Å². The molecule has 4 heteroatoms. The Hall–Kier alpha value is -1.06. The number of hydrogen-bond acceptors (Lipinski definition) is 2. The molecule has 2 N–H and O–H groups in total. The van der Waals surface area contributed by atoms with E-state index in [-0.39, 0.29) is 17.7 Å². The second-order valence-corrected chi connectivity index (χ2v) is 6.75. The van der Waals surface area contributed by atoms with Gasteiger partial charge >= 0.3 is 0 Å². The molecule has 19 heavy (non-hydrogen) atoms. The van der Waals surface area contributed by atoms with Crippen molar-refractivity contribution in [3.05, 3.63) is 0 Å². The van der Waals surface area contributed by atoms with Gasteiger partial charge in [0.25, 0.3) is 0 Å². The monoisotopic (exact) mass is 264 g/mol. The van der Waals surface area contributed by atoms with Crippen LogP contribution < -0.4 is 10.6 Å². The van der Waals surface area contributed by atoms with Crippen LogP contribution in [0, 0.1) is 17.8 Å². The van der Waals surface area contributed by atoms with Crippen LogP contribution in [0.15, 0.2) is 0 Å². The lowest BCUT2D eigenvalue weighted by Crippen LogP contribution is -2.57. The van der Waals surface area contributed by atoms with Crippen molar-refractivity contribution in [2.24, 2.45) is 17.8 Å². The predicted molar refractivity (Wildman–Crippen MR) is 72.3 cm³/mol. The molecule has 3 saturated carbocycles. The summed E-state index contributed by atoms with van der Waals surface area (Å²) in [5, 5.41) is 6.13. The molecule has 0 aromatic carbocycles. The van der Waals surface area contributed by atoms with Gasteiger partial charge in [-0.1, -0.05) is 19.8 Å². The minimum atomic E-state index is -0.603. The largest absolute Gasteiger partial charge is 0.354 e. The zero-order chi connectivity index (χ0) is 13.5. The molecular weight excluding hydrogens is 240 g/mol. The minimum absolute atomic E-state index is 0.0542. The van der Waals surface area contributed by atoms with Gasteiger partial charge in [0.15, 0.2) is 0 Å². The summed E-state index contributed by atoms with van der Waals surface area (Å²) in [6.07, 6.45) is 7.13. The molecule has 0 aliphatic heterocycles. The molecule has 3 fully saturated rings. The summed E-state index contributed by atoms with van der Waals surface area (Å²) in [5.41, 5.74) is -0.603. The topological polar surface area (TPSA) is 58.2 Å². The second-order valence-electron chi connectivity index (χ2n) is 6.75. The average molecular weight is 264 g/mol. The molecule has 0 saturated heterocycles. The fourth-order valence-corrected chi connectivity index (χ4v) is 3.13. The lowest BCUT2D eigenvalue weighted by molar-refractivity contribution is -0.134. The van der Waals surface area contributed by atoms with E-state index in [1.54, 1.807) is 0 Å². The standard InChI is InChI=1S/C15H24N2O2/c1-10-8-12(10)13(18)17-15(6-2-3-7-15)14(19)16-9-11-4-5-11/h10-12H,2-9H2,1H3,(H,16,19)(H,17,18)/t10-,12+/m1/s1. The van der Waals surface area contributed by atoms with Crippen LogP contribution in [-0.4, -0.2) is 23.9 Å². The van der Waals surface area contributed by atoms with Crippen molar-refractivity contribution in [1.82, 2.24) is 10.6 Å². The van der Waals surface area contributed by atoms with Gasteiger partial charge in [-0.3, -0.25) is 9.59 Å². The molecule has 2 atom stereocenters. The van der Waals surface area contributed by atoms with Gasteiger partial charge in [0.05, 0.1) is 0 Å². The van der Waals surface area contributed by atoms with E-state index in [0.717, 1.165) is 38.6 Å². The van der Waals surface area contributed by atoms with E-state index in [2.05, 4.69) is 17.6 Å². The molecule has 0 aromatic heterocycles. The Morgan fingerprint density at radius 2 is 1.84 bits per heavy atom. The van der Waals surface area contributed by atoms with Crippen LogP contribution in [0.5, 0.6) is 0 Å². The van der Waals surface area contributed by atoms with E-state index in [0.29, 0.717) is 11.8 Å². The first kappa shape index (κ1) is 12.9. The van der Waals surface area contributed by atoms with Crippen molar-refractivity contribution in [2.75, 3.05) is 6.54 Å². The molecule has 0 spiro atoms. The van der Waals surface area contributed by atoms with Crippen molar-refractivity contribution in [3.63, 3.8) is 0 Å². The van der Waals surface area contributed by atoms with Gasteiger partial charge in [0.1, 0.15) is 5.54 Å². The molecule has 0 unspecified atom stereocenters. The lowest BCUT2D eigenvalue weighted by Gasteiger charge is -2.29. The van der Waals surface area contributed by atoms with Crippen LogP contribution in [-0.2, 0) is 9.59 Å². The van der Waals surface area contributed by atoms with Gasteiger partial charge in [-0.15, -0.1) is 0 Å². The molecule has 3 rings (SSSR count). The van der Waals surface area contributed by atoms with Crippen LogP contribution in [0.1, 0.15) is 51.9 Å². The maximum atomic E-state index is 12.4. The molecule has 4 nitrogen and oxygen atoms in total. The molecule has 0 bridgehead atoms. The van der Waals surface area contributed by atoms with E-state index in [4.69, 9.17) is 0 Å². The fraction of sp³-hybridized carbons (Fsp3) is 0.867. The van der Waals surface area contributed by atoms with Crippen molar-refractivity contribution >= 4 is 11.8 Å². The maximum Gasteiger partial charge on any atom is 0.245 e. The van der Waals surface area contributed by atoms with Crippen molar-refractivity contribution in [1.29, 1.82) is 0 Å². The smallest absolute Gasteiger partial charge is 0.245 e. The quantitative estimate of drug-likeness (QED) is 0.792. The number of carbonyl (C=O) groups is 2.